The summed E-state index contributed by atoms with van der Waals surface area (Å²) in [5.41, 5.74) is 1.50. The first kappa shape index (κ1) is 28.0. The summed E-state index contributed by atoms with van der Waals surface area (Å²) in [7, 11) is 0. The summed E-state index contributed by atoms with van der Waals surface area (Å²) in [5, 5.41) is 5.42. The van der Waals surface area contributed by atoms with Crippen LogP contribution < -0.4 is 10.6 Å². The van der Waals surface area contributed by atoms with Crippen molar-refractivity contribution in [3.63, 3.8) is 0 Å². The van der Waals surface area contributed by atoms with Gasteiger partial charge in [-0.25, -0.2) is 9.59 Å². The largest absolute Gasteiger partial charge is 0.459 e. The fourth-order valence-electron chi connectivity index (χ4n) is 4.90. The van der Waals surface area contributed by atoms with Gasteiger partial charge in [0.2, 0.25) is 5.79 Å². The Hall–Kier alpha value is -3.04. The maximum atomic E-state index is 13.1. The molecule has 2 bridgehead atoms. The molecule has 8 nitrogen and oxygen atoms in total. The van der Waals surface area contributed by atoms with E-state index in [1.54, 1.807) is 12.1 Å². The summed E-state index contributed by atoms with van der Waals surface area (Å²) in [6.07, 6.45) is 12.0. The van der Waals surface area contributed by atoms with Crippen molar-refractivity contribution in [3.8, 4) is 0 Å². The van der Waals surface area contributed by atoms with E-state index in [1.165, 1.54) is 6.08 Å². The minimum absolute atomic E-state index is 0.119. The van der Waals surface area contributed by atoms with Crippen LogP contribution in [0.1, 0.15) is 52.4 Å². The number of esters is 1. The highest BCUT2D eigenvalue weighted by atomic mass is 32.2. The van der Waals surface area contributed by atoms with E-state index in [-0.39, 0.29) is 17.8 Å². The number of thioether (sulfide) groups is 1. The lowest BCUT2D eigenvalue weighted by atomic mass is 9.90. The highest BCUT2D eigenvalue weighted by Gasteiger charge is 2.54. The van der Waals surface area contributed by atoms with Crippen LogP contribution in [-0.2, 0) is 19.0 Å². The van der Waals surface area contributed by atoms with E-state index < -0.39 is 30.0 Å². The number of carbonyl (C=O) groups excluding carboxylic acids is 3. The van der Waals surface area contributed by atoms with Gasteiger partial charge in [-0.1, -0.05) is 66.8 Å². The second-order valence-electron chi connectivity index (χ2n) is 10.1. The molecule has 3 heterocycles. The molecular weight excluding hydrogens is 504 g/mol. The predicted octanol–water partition coefficient (Wildman–Crippen LogP) is 6.12. The molecule has 9 heteroatoms. The van der Waals surface area contributed by atoms with Gasteiger partial charge in [0.05, 0.1) is 12.5 Å². The smallest absolute Gasteiger partial charge is 0.414 e. The number of amides is 2. The zero-order valence-corrected chi connectivity index (χ0v) is 22.7. The van der Waals surface area contributed by atoms with Gasteiger partial charge < -0.3 is 19.5 Å². The molecule has 0 spiro atoms. The number of nitrogens with one attached hydrogen (secondary N) is 2. The molecule has 2 N–H and O–H groups in total. The van der Waals surface area contributed by atoms with Gasteiger partial charge in [-0.15, -0.1) is 0 Å². The normalized spacial score (nSPS) is 32.0. The van der Waals surface area contributed by atoms with Crippen LogP contribution in [0.15, 0.2) is 66.3 Å². The van der Waals surface area contributed by atoms with E-state index in [2.05, 4.69) is 35.8 Å². The van der Waals surface area contributed by atoms with Crippen molar-refractivity contribution in [1.29, 1.82) is 0 Å². The van der Waals surface area contributed by atoms with Crippen molar-refractivity contribution in [2.75, 3.05) is 11.1 Å². The molecule has 0 aromatic heterocycles. The Morgan fingerprint density at radius 2 is 1.97 bits per heavy atom. The number of para-hydroxylation sites is 1. The molecule has 3 aliphatic heterocycles. The second kappa shape index (κ2) is 13.2. The number of benzene rings is 1. The van der Waals surface area contributed by atoms with E-state index in [0.29, 0.717) is 30.2 Å². The Balaban J connectivity index is 1.61. The van der Waals surface area contributed by atoms with E-state index in [4.69, 9.17) is 14.2 Å². The van der Waals surface area contributed by atoms with Crippen molar-refractivity contribution in [3.05, 3.63) is 66.3 Å². The third kappa shape index (κ3) is 7.98. The molecule has 38 heavy (non-hydrogen) atoms. The number of rotatable bonds is 3. The van der Waals surface area contributed by atoms with Crippen molar-refractivity contribution >= 4 is 34.8 Å². The van der Waals surface area contributed by atoms with E-state index in [1.807, 2.05) is 31.2 Å². The Bertz CT molecular complexity index is 1090. The first-order chi connectivity index (χ1) is 18.3. The molecule has 0 radical (unpaired) electrons. The molecule has 0 aliphatic carbocycles. The number of hydrogen-bond donors (Lipinski definition) is 2. The maximum absolute atomic E-state index is 13.1. The number of hydrogen-bond acceptors (Lipinski definition) is 7. The standard InChI is InChI=1S/C29H36N2O6S/c1-20-10-6-3-4-7-11-21(2)16-26(32)35-24-17-23(15-14-20)36-29(18-24,25-19-38-28(34)31-25)37-27(33)30-22-12-8-5-9-13-22/h3-6,8-10,12-13,16,20,23-25H,7,11,14-15,17-19H2,1-2H3,(H,30,33)(H,31,34)/b4-3?,10-6?,21-16-/t20-,23-,24-,25+,29+/m1/s1. The topological polar surface area (TPSA) is 103 Å². The third-order valence-electron chi connectivity index (χ3n) is 6.88. The van der Waals surface area contributed by atoms with Crippen LogP contribution in [0.3, 0.4) is 0 Å². The Kier molecular flexibility index (Phi) is 9.69. The fourth-order valence-corrected chi connectivity index (χ4v) is 5.78. The second-order valence-corrected chi connectivity index (χ2v) is 11.1. The zero-order chi connectivity index (χ0) is 27.0. The molecule has 0 saturated carbocycles. The van der Waals surface area contributed by atoms with Gasteiger partial charge in [0.25, 0.3) is 5.24 Å². The summed E-state index contributed by atoms with van der Waals surface area (Å²) in [6, 6.07) is 8.38. The quantitative estimate of drug-likeness (QED) is 0.446. The van der Waals surface area contributed by atoms with Crippen LogP contribution in [0.5, 0.6) is 0 Å². The van der Waals surface area contributed by atoms with Crippen molar-refractivity contribution in [1.82, 2.24) is 5.32 Å². The lowest BCUT2D eigenvalue weighted by Crippen LogP contribution is -2.61. The lowest BCUT2D eigenvalue weighted by molar-refractivity contribution is -0.279. The summed E-state index contributed by atoms with van der Waals surface area (Å²) < 4.78 is 18.5. The molecule has 2 saturated heterocycles. The first-order valence-electron chi connectivity index (χ1n) is 13.2. The molecule has 1 aromatic carbocycles. The summed E-state index contributed by atoms with van der Waals surface area (Å²) in [5.74, 6) is -1.24. The third-order valence-corrected chi connectivity index (χ3v) is 7.76. The monoisotopic (exact) mass is 540 g/mol. The minimum atomic E-state index is -1.49. The van der Waals surface area contributed by atoms with Crippen molar-refractivity contribution < 1.29 is 28.6 Å². The van der Waals surface area contributed by atoms with Gasteiger partial charge in [0, 0.05) is 23.9 Å². The molecule has 1 aromatic rings. The average Bonchev–Trinajstić information content (AvgIpc) is 3.31. The lowest BCUT2D eigenvalue weighted by Gasteiger charge is -2.45. The molecule has 5 atom stereocenters. The molecule has 2 fully saturated rings. The maximum Gasteiger partial charge on any atom is 0.414 e. The van der Waals surface area contributed by atoms with Gasteiger partial charge in [-0.3, -0.25) is 10.1 Å². The molecule has 3 aliphatic rings. The van der Waals surface area contributed by atoms with Gasteiger partial charge in [-0.2, -0.15) is 0 Å². The zero-order valence-electron chi connectivity index (χ0n) is 21.9. The average molecular weight is 541 g/mol. The Morgan fingerprint density at radius 1 is 1.16 bits per heavy atom. The van der Waals surface area contributed by atoms with Crippen LogP contribution in [0.4, 0.5) is 15.3 Å². The van der Waals surface area contributed by atoms with Crippen LogP contribution >= 0.6 is 11.8 Å². The Morgan fingerprint density at radius 3 is 2.74 bits per heavy atom. The number of fused-ring (bicyclic) bond motifs is 2. The van der Waals surface area contributed by atoms with E-state index in [9.17, 15) is 14.4 Å². The molecule has 204 valence electrons. The molecular formula is C29H36N2O6S. The van der Waals surface area contributed by atoms with Gasteiger partial charge in [-0.05, 0) is 50.7 Å². The van der Waals surface area contributed by atoms with Gasteiger partial charge in [0.1, 0.15) is 12.1 Å². The summed E-state index contributed by atoms with van der Waals surface area (Å²) >= 11 is 1.12. The minimum Gasteiger partial charge on any atom is -0.459 e. The van der Waals surface area contributed by atoms with Crippen molar-refractivity contribution in [2.24, 2.45) is 5.92 Å². The van der Waals surface area contributed by atoms with Crippen LogP contribution in [0, 0.1) is 5.92 Å². The SMILES string of the molecule is C/C1=C/C(=O)O[C@@H]2C[C@@H](CC[C@H](C)C=CC=CCC1)O[C@@](OC(=O)Nc1ccccc1)([C@@H]1CSC(=O)N1)C2. The van der Waals surface area contributed by atoms with Crippen molar-refractivity contribution in [2.45, 2.75) is 76.4 Å². The summed E-state index contributed by atoms with van der Waals surface area (Å²) in [4.78, 5) is 38.1. The van der Waals surface area contributed by atoms with Gasteiger partial charge >= 0.3 is 12.1 Å². The Labute approximate surface area is 228 Å². The number of carbonyl (C=O) groups is 3. The highest BCUT2D eigenvalue weighted by Crippen LogP contribution is 2.40. The van der Waals surface area contributed by atoms with E-state index in [0.717, 1.165) is 36.6 Å². The van der Waals surface area contributed by atoms with Crippen LogP contribution in [0.2, 0.25) is 0 Å². The fraction of sp³-hybridized carbons (Fsp3) is 0.483. The van der Waals surface area contributed by atoms with E-state index >= 15 is 0 Å². The highest BCUT2D eigenvalue weighted by molar-refractivity contribution is 8.14. The van der Waals surface area contributed by atoms with Crippen LogP contribution in [0.25, 0.3) is 0 Å². The first-order valence-corrected chi connectivity index (χ1v) is 14.2. The van der Waals surface area contributed by atoms with Gasteiger partial charge in [0.15, 0.2) is 0 Å². The predicted molar refractivity (Wildman–Crippen MR) is 148 cm³/mol. The summed E-state index contributed by atoms with van der Waals surface area (Å²) in [6.45, 7) is 4.06. The number of anilines is 1. The molecule has 0 unspecified atom stereocenters. The van der Waals surface area contributed by atoms with Crippen LogP contribution in [-0.4, -0.2) is 47.1 Å². The number of ether oxygens (including phenoxy) is 3. The number of allylic oxidation sites excluding steroid dienone is 5. The molecule has 2 amide bonds. The molecule has 4 rings (SSSR count).